The number of nitrogen functional groups attached to an aromatic ring is 1. The summed E-state index contributed by atoms with van der Waals surface area (Å²) in [7, 11) is 0. The average molecular weight is 223 g/mol. The molecule has 0 radical (unpaired) electrons. The van der Waals surface area contributed by atoms with Gasteiger partial charge in [-0.3, -0.25) is 0 Å². The van der Waals surface area contributed by atoms with Crippen molar-refractivity contribution in [1.82, 2.24) is 0 Å². The molecule has 2 nitrogen and oxygen atoms in total. The van der Waals surface area contributed by atoms with E-state index in [-0.39, 0.29) is 0 Å². The van der Waals surface area contributed by atoms with Crippen LogP contribution < -0.4 is 5.73 Å². The van der Waals surface area contributed by atoms with Crippen molar-refractivity contribution in [1.29, 1.82) is 0 Å². The highest BCUT2D eigenvalue weighted by Gasteiger charge is 2.30. The largest absolute Gasteiger partial charge is 0.399 e. The second-order valence-electron chi connectivity index (χ2n) is 4.29. The number of anilines is 1. The van der Waals surface area contributed by atoms with E-state index in [4.69, 9.17) is 5.73 Å². The van der Waals surface area contributed by atoms with E-state index in [0.717, 1.165) is 42.0 Å². The molecule has 0 saturated heterocycles. The Hall–Kier alpha value is -0.670. The average Bonchev–Trinajstić information content (AvgIpc) is 2.63. The van der Waals surface area contributed by atoms with Gasteiger partial charge in [0, 0.05) is 16.3 Å². The van der Waals surface area contributed by atoms with Gasteiger partial charge in [-0.1, -0.05) is 18.9 Å². The van der Waals surface area contributed by atoms with Gasteiger partial charge in [0.05, 0.1) is 5.60 Å². The summed E-state index contributed by atoms with van der Waals surface area (Å²) >= 11 is 1.70. The summed E-state index contributed by atoms with van der Waals surface area (Å²) in [4.78, 5) is 1.15. The van der Waals surface area contributed by atoms with Gasteiger partial charge < -0.3 is 10.8 Å². The minimum Gasteiger partial charge on any atom is -0.399 e. The Morgan fingerprint density at radius 2 is 2.07 bits per heavy atom. The van der Waals surface area contributed by atoms with Gasteiger partial charge in [-0.05, 0) is 31.0 Å². The Bertz CT molecular complexity index is 334. The van der Waals surface area contributed by atoms with Crippen LogP contribution in [-0.4, -0.2) is 16.5 Å². The smallest absolute Gasteiger partial charge is 0.0741 e. The zero-order valence-electron chi connectivity index (χ0n) is 8.78. The lowest BCUT2D eigenvalue weighted by atomic mass is 10.1. The lowest BCUT2D eigenvalue weighted by Crippen LogP contribution is -2.26. The molecule has 0 amide bonds. The molecule has 0 aromatic heterocycles. The van der Waals surface area contributed by atoms with E-state index in [9.17, 15) is 5.11 Å². The summed E-state index contributed by atoms with van der Waals surface area (Å²) in [5.74, 6) is 0.788. The van der Waals surface area contributed by atoms with E-state index in [1.165, 1.54) is 0 Å². The molecular formula is C12H17NOS. The normalized spacial score (nSPS) is 19.3. The first-order valence-electron chi connectivity index (χ1n) is 5.39. The number of rotatable bonds is 3. The molecule has 0 unspecified atom stereocenters. The van der Waals surface area contributed by atoms with Crippen LogP contribution in [0.2, 0.25) is 0 Å². The highest BCUT2D eigenvalue weighted by molar-refractivity contribution is 7.99. The van der Waals surface area contributed by atoms with Crippen molar-refractivity contribution in [3.8, 4) is 0 Å². The van der Waals surface area contributed by atoms with E-state index in [1.807, 2.05) is 24.3 Å². The second kappa shape index (κ2) is 4.45. The fourth-order valence-electron chi connectivity index (χ4n) is 2.00. The van der Waals surface area contributed by atoms with Gasteiger partial charge in [0.25, 0.3) is 0 Å². The zero-order chi connectivity index (χ0) is 10.7. The number of thioether (sulfide) groups is 1. The summed E-state index contributed by atoms with van der Waals surface area (Å²) in [5.41, 5.74) is 6.05. The van der Waals surface area contributed by atoms with Gasteiger partial charge in [-0.25, -0.2) is 0 Å². The molecule has 2 rings (SSSR count). The lowest BCUT2D eigenvalue weighted by molar-refractivity contribution is 0.0732. The van der Waals surface area contributed by atoms with Crippen molar-refractivity contribution in [2.45, 2.75) is 36.2 Å². The second-order valence-corrected chi connectivity index (χ2v) is 5.34. The van der Waals surface area contributed by atoms with Gasteiger partial charge in [-0.15, -0.1) is 11.8 Å². The third kappa shape index (κ3) is 2.89. The number of nitrogens with two attached hydrogens (primary N) is 1. The van der Waals surface area contributed by atoms with Crippen molar-refractivity contribution >= 4 is 17.4 Å². The van der Waals surface area contributed by atoms with Crippen molar-refractivity contribution in [3.05, 3.63) is 24.3 Å². The van der Waals surface area contributed by atoms with Crippen LogP contribution in [0.3, 0.4) is 0 Å². The molecule has 82 valence electrons. The molecule has 1 saturated carbocycles. The Labute approximate surface area is 94.9 Å². The zero-order valence-corrected chi connectivity index (χ0v) is 9.59. The van der Waals surface area contributed by atoms with Gasteiger partial charge in [-0.2, -0.15) is 0 Å². The van der Waals surface area contributed by atoms with Crippen molar-refractivity contribution in [2.24, 2.45) is 0 Å². The standard InChI is InChI=1S/C12H17NOS/c13-10-4-3-5-11(8-10)15-9-12(14)6-1-2-7-12/h3-5,8,14H,1-2,6-7,9,13H2. The SMILES string of the molecule is Nc1cccc(SCC2(O)CCCC2)c1. The van der Waals surface area contributed by atoms with Crippen LogP contribution in [0.25, 0.3) is 0 Å². The summed E-state index contributed by atoms with van der Waals surface area (Å²) in [6.07, 6.45) is 4.21. The summed E-state index contributed by atoms with van der Waals surface area (Å²) in [6, 6.07) is 7.84. The minimum absolute atomic E-state index is 0.435. The predicted molar refractivity (Wildman–Crippen MR) is 65.0 cm³/mol. The third-order valence-electron chi connectivity index (χ3n) is 2.90. The Balaban J connectivity index is 1.92. The Morgan fingerprint density at radius 1 is 1.33 bits per heavy atom. The van der Waals surface area contributed by atoms with Crippen molar-refractivity contribution < 1.29 is 5.11 Å². The first-order chi connectivity index (χ1) is 7.18. The van der Waals surface area contributed by atoms with Gasteiger partial charge in [0.15, 0.2) is 0 Å². The quantitative estimate of drug-likeness (QED) is 0.611. The number of aliphatic hydroxyl groups is 1. The fourth-order valence-corrected chi connectivity index (χ4v) is 3.12. The molecule has 1 aliphatic rings. The molecule has 1 aromatic carbocycles. The molecule has 3 heteroatoms. The molecule has 1 fully saturated rings. The topological polar surface area (TPSA) is 46.2 Å². The molecule has 1 aliphatic carbocycles. The van der Waals surface area contributed by atoms with E-state index in [2.05, 4.69) is 0 Å². The minimum atomic E-state index is -0.435. The fraction of sp³-hybridized carbons (Fsp3) is 0.500. The van der Waals surface area contributed by atoms with Crippen LogP contribution in [-0.2, 0) is 0 Å². The number of benzene rings is 1. The van der Waals surface area contributed by atoms with Crippen LogP contribution in [0.5, 0.6) is 0 Å². The van der Waals surface area contributed by atoms with E-state index in [1.54, 1.807) is 11.8 Å². The molecule has 0 atom stereocenters. The molecular weight excluding hydrogens is 206 g/mol. The maximum Gasteiger partial charge on any atom is 0.0741 e. The molecule has 0 spiro atoms. The summed E-state index contributed by atoms with van der Waals surface area (Å²) < 4.78 is 0. The van der Waals surface area contributed by atoms with E-state index < -0.39 is 5.60 Å². The van der Waals surface area contributed by atoms with Gasteiger partial charge >= 0.3 is 0 Å². The van der Waals surface area contributed by atoms with E-state index in [0.29, 0.717) is 0 Å². The molecule has 0 aliphatic heterocycles. The van der Waals surface area contributed by atoms with Crippen LogP contribution in [0.1, 0.15) is 25.7 Å². The summed E-state index contributed by atoms with van der Waals surface area (Å²) in [6.45, 7) is 0. The summed E-state index contributed by atoms with van der Waals surface area (Å²) in [5, 5.41) is 10.2. The molecule has 15 heavy (non-hydrogen) atoms. The highest BCUT2D eigenvalue weighted by atomic mass is 32.2. The number of hydrogen-bond donors (Lipinski definition) is 2. The van der Waals surface area contributed by atoms with Gasteiger partial charge in [0.2, 0.25) is 0 Å². The Morgan fingerprint density at radius 3 is 2.73 bits per heavy atom. The molecule has 1 aromatic rings. The molecule has 0 heterocycles. The van der Waals surface area contributed by atoms with Crippen LogP contribution in [0.15, 0.2) is 29.2 Å². The first-order valence-corrected chi connectivity index (χ1v) is 6.37. The molecule has 0 bridgehead atoms. The third-order valence-corrected chi connectivity index (χ3v) is 4.17. The predicted octanol–water partition coefficient (Wildman–Crippen LogP) is 2.67. The van der Waals surface area contributed by atoms with E-state index >= 15 is 0 Å². The van der Waals surface area contributed by atoms with Crippen molar-refractivity contribution in [2.75, 3.05) is 11.5 Å². The van der Waals surface area contributed by atoms with Crippen LogP contribution in [0, 0.1) is 0 Å². The monoisotopic (exact) mass is 223 g/mol. The van der Waals surface area contributed by atoms with Crippen LogP contribution in [0.4, 0.5) is 5.69 Å². The highest BCUT2D eigenvalue weighted by Crippen LogP contribution is 2.34. The van der Waals surface area contributed by atoms with Crippen molar-refractivity contribution in [3.63, 3.8) is 0 Å². The van der Waals surface area contributed by atoms with Gasteiger partial charge in [0.1, 0.15) is 0 Å². The first kappa shape index (κ1) is 10.8. The van der Waals surface area contributed by atoms with Crippen LogP contribution >= 0.6 is 11.8 Å². The maximum absolute atomic E-state index is 10.2. The Kier molecular flexibility index (Phi) is 3.22. The lowest BCUT2D eigenvalue weighted by Gasteiger charge is -2.21. The number of hydrogen-bond acceptors (Lipinski definition) is 3. The molecule has 3 N–H and O–H groups in total. The maximum atomic E-state index is 10.2.